The lowest BCUT2D eigenvalue weighted by molar-refractivity contribution is -0.149. The zero-order valence-corrected chi connectivity index (χ0v) is 15.2. The predicted molar refractivity (Wildman–Crippen MR) is 97.2 cm³/mol. The highest BCUT2D eigenvalue weighted by molar-refractivity contribution is 6.31. The van der Waals surface area contributed by atoms with Crippen LogP contribution in [-0.2, 0) is 16.1 Å². The first kappa shape index (κ1) is 18.6. The van der Waals surface area contributed by atoms with Gasteiger partial charge in [-0.05, 0) is 38.3 Å². The van der Waals surface area contributed by atoms with E-state index in [1.807, 2.05) is 31.2 Å². The van der Waals surface area contributed by atoms with Gasteiger partial charge < -0.3 is 15.0 Å². The summed E-state index contributed by atoms with van der Waals surface area (Å²) in [7, 11) is 0. The maximum atomic E-state index is 11.8. The van der Waals surface area contributed by atoms with E-state index in [1.54, 1.807) is 0 Å². The Kier molecular flexibility index (Phi) is 7.37. The summed E-state index contributed by atoms with van der Waals surface area (Å²) in [5.74, 6) is 0.808. The summed E-state index contributed by atoms with van der Waals surface area (Å²) >= 11 is 6.20. The molecule has 0 bridgehead atoms. The van der Waals surface area contributed by atoms with E-state index < -0.39 is 0 Å². The molecular weight excluding hydrogens is 326 g/mol. The molecule has 0 spiro atoms. The number of nitrogens with one attached hydrogen (secondary N) is 1. The van der Waals surface area contributed by atoms with Crippen molar-refractivity contribution in [3.05, 3.63) is 34.9 Å². The minimum atomic E-state index is -0.0739. The SMILES string of the molecule is CCNC(=NCc1ccccc1Cl)N1CCC(C(=O)OCC)CC1. The fourth-order valence-corrected chi connectivity index (χ4v) is 3.00. The summed E-state index contributed by atoms with van der Waals surface area (Å²) in [5, 5.41) is 4.06. The van der Waals surface area contributed by atoms with Crippen LogP contribution in [0, 0.1) is 5.92 Å². The van der Waals surface area contributed by atoms with Crippen molar-refractivity contribution in [2.24, 2.45) is 10.9 Å². The normalized spacial score (nSPS) is 16.1. The van der Waals surface area contributed by atoms with Crippen LogP contribution in [0.15, 0.2) is 29.3 Å². The van der Waals surface area contributed by atoms with E-state index in [2.05, 4.69) is 17.1 Å². The number of hydrogen-bond acceptors (Lipinski definition) is 3. The van der Waals surface area contributed by atoms with Crippen molar-refractivity contribution in [3.63, 3.8) is 0 Å². The number of esters is 1. The summed E-state index contributed by atoms with van der Waals surface area (Å²) < 4.78 is 5.13. The second-order valence-corrected chi connectivity index (χ2v) is 6.18. The molecule has 1 heterocycles. The largest absolute Gasteiger partial charge is 0.466 e. The van der Waals surface area contributed by atoms with Gasteiger partial charge in [0.05, 0.1) is 19.1 Å². The lowest BCUT2D eigenvalue weighted by Gasteiger charge is -2.33. The van der Waals surface area contributed by atoms with Crippen molar-refractivity contribution in [2.45, 2.75) is 33.2 Å². The number of carbonyl (C=O) groups excluding carboxylic acids is 1. The van der Waals surface area contributed by atoms with Crippen LogP contribution in [0.3, 0.4) is 0 Å². The topological polar surface area (TPSA) is 53.9 Å². The van der Waals surface area contributed by atoms with Gasteiger partial charge in [-0.25, -0.2) is 4.99 Å². The van der Waals surface area contributed by atoms with Gasteiger partial charge in [0.1, 0.15) is 0 Å². The molecule has 0 unspecified atom stereocenters. The summed E-state index contributed by atoms with van der Waals surface area (Å²) in [4.78, 5) is 18.8. The highest BCUT2D eigenvalue weighted by Crippen LogP contribution is 2.20. The fourth-order valence-electron chi connectivity index (χ4n) is 2.80. The molecule has 1 aromatic carbocycles. The summed E-state index contributed by atoms with van der Waals surface area (Å²) in [5.41, 5.74) is 1.01. The number of hydrogen-bond donors (Lipinski definition) is 1. The number of rotatable bonds is 5. The van der Waals surface area contributed by atoms with Gasteiger partial charge in [0.2, 0.25) is 0 Å². The Morgan fingerprint density at radius 1 is 1.33 bits per heavy atom. The van der Waals surface area contributed by atoms with Crippen LogP contribution in [0.1, 0.15) is 32.3 Å². The molecule has 1 N–H and O–H groups in total. The molecule has 1 aliphatic rings. The number of piperidine rings is 1. The number of guanidine groups is 1. The van der Waals surface area contributed by atoms with E-state index in [9.17, 15) is 4.79 Å². The van der Waals surface area contributed by atoms with Crippen LogP contribution < -0.4 is 5.32 Å². The lowest BCUT2D eigenvalue weighted by atomic mass is 9.97. The number of aliphatic imine (C=N–C) groups is 1. The highest BCUT2D eigenvalue weighted by atomic mass is 35.5. The zero-order chi connectivity index (χ0) is 17.4. The quantitative estimate of drug-likeness (QED) is 0.503. The number of halogens is 1. The lowest BCUT2D eigenvalue weighted by Crippen LogP contribution is -2.46. The van der Waals surface area contributed by atoms with Gasteiger partial charge in [-0.3, -0.25) is 4.79 Å². The fraction of sp³-hybridized carbons (Fsp3) is 0.556. The molecule has 0 radical (unpaired) electrons. The van der Waals surface area contributed by atoms with Crippen LogP contribution in [0.25, 0.3) is 0 Å². The van der Waals surface area contributed by atoms with E-state index in [1.165, 1.54) is 0 Å². The van der Waals surface area contributed by atoms with Gasteiger partial charge >= 0.3 is 5.97 Å². The monoisotopic (exact) mass is 351 g/mol. The first-order valence-corrected chi connectivity index (χ1v) is 8.96. The number of carbonyl (C=O) groups is 1. The molecule has 0 amide bonds. The molecule has 132 valence electrons. The van der Waals surface area contributed by atoms with Gasteiger partial charge in [-0.2, -0.15) is 0 Å². The number of likely N-dealkylation sites (tertiary alicyclic amines) is 1. The second-order valence-electron chi connectivity index (χ2n) is 5.77. The van der Waals surface area contributed by atoms with Crippen molar-refractivity contribution < 1.29 is 9.53 Å². The van der Waals surface area contributed by atoms with Crippen LogP contribution in [0.2, 0.25) is 5.02 Å². The maximum Gasteiger partial charge on any atom is 0.309 e. The Morgan fingerprint density at radius 3 is 2.67 bits per heavy atom. The number of nitrogens with zero attached hydrogens (tertiary/aromatic N) is 2. The molecule has 5 nitrogen and oxygen atoms in total. The summed E-state index contributed by atoms with van der Waals surface area (Å²) in [6.45, 7) is 7.30. The molecule has 0 saturated carbocycles. The van der Waals surface area contributed by atoms with Crippen LogP contribution in [0.4, 0.5) is 0 Å². The van der Waals surface area contributed by atoms with Crippen LogP contribution in [0.5, 0.6) is 0 Å². The van der Waals surface area contributed by atoms with Gasteiger partial charge in [0.15, 0.2) is 5.96 Å². The smallest absolute Gasteiger partial charge is 0.309 e. The Bertz CT molecular complexity index is 569. The van der Waals surface area contributed by atoms with Crippen molar-refractivity contribution in [3.8, 4) is 0 Å². The van der Waals surface area contributed by atoms with Crippen molar-refractivity contribution >= 4 is 23.5 Å². The third kappa shape index (κ3) is 5.13. The molecule has 6 heteroatoms. The molecule has 1 aliphatic heterocycles. The predicted octanol–water partition coefficient (Wildman–Crippen LogP) is 3.08. The molecule has 0 atom stereocenters. The van der Waals surface area contributed by atoms with Gasteiger partial charge in [-0.1, -0.05) is 29.8 Å². The molecule has 1 saturated heterocycles. The minimum absolute atomic E-state index is 0.00708. The van der Waals surface area contributed by atoms with Crippen molar-refractivity contribution in [1.29, 1.82) is 0 Å². The average Bonchev–Trinajstić information content (AvgIpc) is 2.60. The molecule has 1 fully saturated rings. The van der Waals surface area contributed by atoms with Crippen molar-refractivity contribution in [2.75, 3.05) is 26.2 Å². The number of ether oxygens (including phenoxy) is 1. The first-order valence-electron chi connectivity index (χ1n) is 8.59. The van der Waals surface area contributed by atoms with Gasteiger partial charge in [-0.15, -0.1) is 0 Å². The molecule has 24 heavy (non-hydrogen) atoms. The van der Waals surface area contributed by atoms with Gasteiger partial charge in [0, 0.05) is 24.7 Å². The van der Waals surface area contributed by atoms with Crippen molar-refractivity contribution in [1.82, 2.24) is 10.2 Å². The van der Waals surface area contributed by atoms with E-state index in [0.717, 1.165) is 49.0 Å². The first-order chi connectivity index (χ1) is 11.7. The molecule has 0 aromatic heterocycles. The van der Waals surface area contributed by atoms with E-state index >= 15 is 0 Å². The third-order valence-corrected chi connectivity index (χ3v) is 4.48. The Balaban J connectivity index is 1.97. The highest BCUT2D eigenvalue weighted by Gasteiger charge is 2.27. The molecule has 1 aromatic rings. The zero-order valence-electron chi connectivity index (χ0n) is 14.4. The van der Waals surface area contributed by atoms with E-state index in [4.69, 9.17) is 21.3 Å². The minimum Gasteiger partial charge on any atom is -0.466 e. The number of benzene rings is 1. The molecule has 0 aliphatic carbocycles. The van der Waals surface area contributed by atoms with Crippen LogP contribution in [-0.4, -0.2) is 43.1 Å². The second kappa shape index (κ2) is 9.52. The van der Waals surface area contributed by atoms with E-state index in [0.29, 0.717) is 13.2 Å². The molecule has 2 rings (SSSR count). The summed E-state index contributed by atoms with van der Waals surface area (Å²) in [6, 6.07) is 7.75. The molecular formula is C18H26ClN3O2. The van der Waals surface area contributed by atoms with E-state index in [-0.39, 0.29) is 11.9 Å². The summed E-state index contributed by atoms with van der Waals surface area (Å²) in [6.07, 6.45) is 1.60. The van der Waals surface area contributed by atoms with Gasteiger partial charge in [0.25, 0.3) is 0 Å². The third-order valence-electron chi connectivity index (χ3n) is 4.11. The van der Waals surface area contributed by atoms with Crippen LogP contribution >= 0.6 is 11.6 Å². The standard InChI is InChI=1S/C18H26ClN3O2/c1-3-20-18(21-13-15-7-5-6-8-16(15)19)22-11-9-14(10-12-22)17(23)24-4-2/h5-8,14H,3-4,9-13H2,1-2H3,(H,20,21). The Labute approximate surface area is 149 Å². The average molecular weight is 352 g/mol. The Morgan fingerprint density at radius 2 is 2.04 bits per heavy atom. The Hall–Kier alpha value is -1.75. The maximum absolute atomic E-state index is 11.8.